The van der Waals surface area contributed by atoms with Crippen LogP contribution in [0.1, 0.15) is 12.6 Å². The normalized spacial score (nSPS) is 11.4. The summed E-state index contributed by atoms with van der Waals surface area (Å²) in [7, 11) is 0. The molecule has 3 rings (SSSR count). The molecule has 0 fully saturated rings. The van der Waals surface area contributed by atoms with Gasteiger partial charge in [0.1, 0.15) is 0 Å². The number of aromatic nitrogens is 4. The number of nitrogens with zero attached hydrogens (tertiary/aromatic N) is 4. The summed E-state index contributed by atoms with van der Waals surface area (Å²) in [5.74, 6) is 0.883. The van der Waals surface area contributed by atoms with E-state index in [0.717, 1.165) is 34.0 Å². The van der Waals surface area contributed by atoms with Gasteiger partial charge in [-0.1, -0.05) is 6.92 Å². The van der Waals surface area contributed by atoms with E-state index in [0.29, 0.717) is 0 Å². The van der Waals surface area contributed by atoms with Crippen LogP contribution in [0.25, 0.3) is 10.8 Å². The molecule has 0 aliphatic rings. The number of rotatable bonds is 4. The van der Waals surface area contributed by atoms with Crippen LogP contribution in [-0.2, 0) is 6.54 Å². The maximum atomic E-state index is 4.63. The van der Waals surface area contributed by atoms with Gasteiger partial charge < -0.3 is 5.32 Å². The van der Waals surface area contributed by atoms with Gasteiger partial charge in [0.15, 0.2) is 10.8 Å². The summed E-state index contributed by atoms with van der Waals surface area (Å²) in [6.07, 6.45) is 5.73. The Balaban J connectivity index is 2.12. The topological polar surface area (TPSA) is 47.2 Å². The van der Waals surface area contributed by atoms with Gasteiger partial charge in [-0.05, 0) is 22.5 Å². The number of thiazole rings is 1. The van der Waals surface area contributed by atoms with Gasteiger partial charge in [-0.3, -0.25) is 4.40 Å². The quantitative estimate of drug-likeness (QED) is 0.801. The molecule has 0 bridgehead atoms. The van der Waals surface area contributed by atoms with E-state index in [-0.39, 0.29) is 0 Å². The average molecular weight is 326 g/mol. The van der Waals surface area contributed by atoms with E-state index in [9.17, 15) is 0 Å². The number of nitrogens with one attached hydrogen (secondary N) is 1. The van der Waals surface area contributed by atoms with Crippen LogP contribution >= 0.6 is 27.3 Å². The molecule has 5 nitrogen and oxygen atoms in total. The minimum absolute atomic E-state index is 0.779. The van der Waals surface area contributed by atoms with Crippen molar-refractivity contribution in [2.24, 2.45) is 0 Å². The van der Waals surface area contributed by atoms with E-state index in [2.05, 4.69) is 42.7 Å². The summed E-state index contributed by atoms with van der Waals surface area (Å²) < 4.78 is 4.86. The molecule has 0 aromatic carbocycles. The lowest BCUT2D eigenvalue weighted by Crippen LogP contribution is -2.15. The van der Waals surface area contributed by atoms with Crippen molar-refractivity contribution in [3.63, 3.8) is 0 Å². The van der Waals surface area contributed by atoms with Crippen LogP contribution in [0.2, 0.25) is 0 Å². The minimum Gasteiger partial charge on any atom is -0.311 e. The van der Waals surface area contributed by atoms with Crippen LogP contribution in [0.5, 0.6) is 0 Å². The molecule has 3 heterocycles. The van der Waals surface area contributed by atoms with Crippen LogP contribution in [0.3, 0.4) is 0 Å². The van der Waals surface area contributed by atoms with Gasteiger partial charge in [0.2, 0.25) is 0 Å². The maximum absolute atomic E-state index is 4.63. The highest BCUT2D eigenvalue weighted by molar-refractivity contribution is 9.10. The molecule has 3 aromatic rings. The number of fused-ring (bicyclic) bond motifs is 1. The van der Waals surface area contributed by atoms with Gasteiger partial charge in [-0.2, -0.15) is 10.1 Å². The second-order valence-electron chi connectivity index (χ2n) is 3.82. The highest BCUT2D eigenvalue weighted by Crippen LogP contribution is 2.21. The monoisotopic (exact) mass is 325 g/mol. The molecule has 0 atom stereocenters. The molecule has 0 unspecified atom stereocenters. The zero-order valence-corrected chi connectivity index (χ0v) is 12.2. The molecular weight excluding hydrogens is 314 g/mol. The predicted molar refractivity (Wildman–Crippen MR) is 75.3 cm³/mol. The zero-order valence-electron chi connectivity index (χ0n) is 9.80. The summed E-state index contributed by atoms with van der Waals surface area (Å²) in [5.41, 5.74) is 1.13. The van der Waals surface area contributed by atoms with E-state index in [4.69, 9.17) is 0 Å². The highest BCUT2D eigenvalue weighted by atomic mass is 79.9. The van der Waals surface area contributed by atoms with Crippen molar-refractivity contribution in [1.82, 2.24) is 24.5 Å². The third-order valence-electron chi connectivity index (χ3n) is 2.65. The first kappa shape index (κ1) is 11.9. The summed E-state index contributed by atoms with van der Waals surface area (Å²) in [6, 6.07) is 0. The van der Waals surface area contributed by atoms with Crippen molar-refractivity contribution in [1.29, 1.82) is 0 Å². The Hall–Kier alpha value is -1.18. The van der Waals surface area contributed by atoms with Crippen molar-refractivity contribution in [2.75, 3.05) is 6.54 Å². The van der Waals surface area contributed by atoms with E-state index < -0.39 is 0 Å². The highest BCUT2D eigenvalue weighted by Gasteiger charge is 2.14. The fourth-order valence-corrected chi connectivity index (χ4v) is 2.84. The molecule has 7 heteroatoms. The lowest BCUT2D eigenvalue weighted by molar-refractivity contribution is 0.695. The van der Waals surface area contributed by atoms with Gasteiger partial charge in [-0.15, -0.1) is 11.3 Å². The van der Waals surface area contributed by atoms with Gasteiger partial charge >= 0.3 is 0 Å². The Labute approximate surface area is 117 Å². The third-order valence-corrected chi connectivity index (χ3v) is 3.82. The van der Waals surface area contributed by atoms with Crippen molar-refractivity contribution < 1.29 is 0 Å². The van der Waals surface area contributed by atoms with E-state index in [1.807, 2.05) is 17.8 Å². The molecule has 0 saturated heterocycles. The lowest BCUT2D eigenvalue weighted by atomic mass is 10.4. The largest absolute Gasteiger partial charge is 0.311 e. The van der Waals surface area contributed by atoms with Gasteiger partial charge in [0, 0.05) is 24.3 Å². The minimum atomic E-state index is 0.779. The van der Waals surface area contributed by atoms with Crippen molar-refractivity contribution in [2.45, 2.75) is 13.5 Å². The van der Waals surface area contributed by atoms with Crippen LogP contribution in [-0.4, -0.2) is 25.7 Å². The molecule has 0 aliphatic heterocycles. The van der Waals surface area contributed by atoms with Crippen LogP contribution in [0, 0.1) is 0 Å². The van der Waals surface area contributed by atoms with Gasteiger partial charge in [0.25, 0.3) is 0 Å². The summed E-state index contributed by atoms with van der Waals surface area (Å²) >= 11 is 5.04. The summed E-state index contributed by atoms with van der Waals surface area (Å²) in [6.45, 7) is 3.80. The standard InChI is InChI=1S/C11H12BrN5S/c1-2-13-6-9-10(17-7-8(12)5-14-17)15-11-16(9)3-4-18-11/h3-5,7,13H,2,6H2,1H3. The molecule has 0 amide bonds. The first-order valence-corrected chi connectivity index (χ1v) is 7.32. The Bertz CT molecular complexity index is 668. The Morgan fingerprint density at radius 1 is 1.50 bits per heavy atom. The molecular formula is C11H12BrN5S. The second kappa shape index (κ2) is 4.83. The molecule has 3 aromatic heterocycles. The Morgan fingerprint density at radius 3 is 3.11 bits per heavy atom. The number of hydrogen-bond acceptors (Lipinski definition) is 4. The van der Waals surface area contributed by atoms with E-state index >= 15 is 0 Å². The number of halogens is 1. The van der Waals surface area contributed by atoms with Gasteiger partial charge in [0.05, 0.1) is 16.4 Å². The molecule has 0 saturated carbocycles. The predicted octanol–water partition coefficient (Wildman–Crippen LogP) is 2.45. The molecule has 18 heavy (non-hydrogen) atoms. The molecule has 0 radical (unpaired) electrons. The second-order valence-corrected chi connectivity index (χ2v) is 5.61. The maximum Gasteiger partial charge on any atom is 0.196 e. The lowest BCUT2D eigenvalue weighted by Gasteiger charge is -2.04. The van der Waals surface area contributed by atoms with Gasteiger partial charge in [-0.25, -0.2) is 4.68 Å². The fraction of sp³-hybridized carbons (Fsp3) is 0.273. The van der Waals surface area contributed by atoms with Crippen LogP contribution < -0.4 is 5.32 Å². The van der Waals surface area contributed by atoms with Crippen LogP contribution in [0.15, 0.2) is 28.4 Å². The molecule has 0 spiro atoms. The fourth-order valence-electron chi connectivity index (χ4n) is 1.83. The Morgan fingerprint density at radius 2 is 2.39 bits per heavy atom. The molecule has 1 N–H and O–H groups in total. The van der Waals surface area contributed by atoms with Crippen molar-refractivity contribution >= 4 is 32.2 Å². The summed E-state index contributed by atoms with van der Waals surface area (Å²) in [4.78, 5) is 5.62. The van der Waals surface area contributed by atoms with Crippen molar-refractivity contribution in [3.05, 3.63) is 34.1 Å². The van der Waals surface area contributed by atoms with Crippen molar-refractivity contribution in [3.8, 4) is 5.82 Å². The zero-order chi connectivity index (χ0) is 12.5. The van der Waals surface area contributed by atoms with E-state index in [1.165, 1.54) is 0 Å². The Kier molecular flexibility index (Phi) is 3.19. The number of hydrogen-bond donors (Lipinski definition) is 1. The average Bonchev–Trinajstić information content (AvgIpc) is 3.01. The van der Waals surface area contributed by atoms with E-state index in [1.54, 1.807) is 22.2 Å². The summed E-state index contributed by atoms with van der Waals surface area (Å²) in [5, 5.41) is 9.68. The number of imidazole rings is 1. The smallest absolute Gasteiger partial charge is 0.196 e. The molecule has 0 aliphatic carbocycles. The van der Waals surface area contributed by atoms with Crippen LogP contribution in [0.4, 0.5) is 0 Å². The first-order chi connectivity index (χ1) is 8.79. The third kappa shape index (κ3) is 1.98. The molecule has 94 valence electrons. The SMILES string of the molecule is CCNCc1c(-n2cc(Br)cn2)nc2sccn12. The first-order valence-electron chi connectivity index (χ1n) is 5.65.